The summed E-state index contributed by atoms with van der Waals surface area (Å²) in [6.45, 7) is 0. The van der Waals surface area contributed by atoms with Crippen molar-refractivity contribution in [3.63, 3.8) is 0 Å². The van der Waals surface area contributed by atoms with E-state index in [1.807, 2.05) is 0 Å². The van der Waals surface area contributed by atoms with Crippen molar-refractivity contribution in [3.8, 4) is 0 Å². The minimum Gasteiger partial charge on any atom is -1.00 e. The van der Waals surface area contributed by atoms with Crippen molar-refractivity contribution < 1.29 is 173 Å². The first-order valence-electron chi connectivity index (χ1n) is 4.65. The number of carbonyl (C=O) groups excluding carboxylic acids is 1. The smallest absolute Gasteiger partial charge is 1.00 e. The Morgan fingerprint density at radius 1 is 1.09 bits per heavy atom. The van der Waals surface area contributed by atoms with Crippen molar-refractivity contribution in [2.24, 2.45) is 0 Å². The summed E-state index contributed by atoms with van der Waals surface area (Å²) in [5.74, 6) is -5.66. The maximum atomic E-state index is 11.1. The van der Waals surface area contributed by atoms with Gasteiger partial charge >= 0.3 is 144 Å². The Kier molecular flexibility index (Phi) is 20.3. The molecule has 17 heteroatoms. The van der Waals surface area contributed by atoms with Gasteiger partial charge in [-0.25, -0.2) is 9.36 Å². The molecule has 0 aliphatic heterocycles. The van der Waals surface area contributed by atoms with E-state index in [4.69, 9.17) is 30.0 Å². The molecule has 1 unspecified atom stereocenters. The van der Waals surface area contributed by atoms with Gasteiger partial charge in [-0.05, 0) is 0 Å². The summed E-state index contributed by atoms with van der Waals surface area (Å²) >= 11 is 0. The van der Waals surface area contributed by atoms with Crippen LogP contribution in [-0.4, -0.2) is 60.9 Å². The van der Waals surface area contributed by atoms with E-state index < -0.39 is 51.5 Å². The second-order valence-electron chi connectivity index (χ2n) is 3.44. The molecule has 0 radical (unpaired) electrons. The van der Waals surface area contributed by atoms with Gasteiger partial charge in [0, 0.05) is 0 Å². The third kappa shape index (κ3) is 14.9. The number of phosphoric ester groups is 1. The van der Waals surface area contributed by atoms with E-state index >= 15 is 0 Å². The standard InChI is InChI=1S/C6H10BO12P.K.2Na.3H/c8-3(9)1-6(5(11)12,19-7(13)14)2-4(10)18-20(15,16)17;;;;;;/h13-14H,1-2H2,(H,8,9)(H,11,12)(H2,15,16,17);;;;;;/q;3*+1;3*-1. The van der Waals surface area contributed by atoms with Gasteiger partial charge in [-0.2, -0.15) is 0 Å². The maximum Gasteiger partial charge on any atom is 1.00 e. The topological polar surface area (TPSA) is 208 Å². The molecule has 0 aromatic rings. The second kappa shape index (κ2) is 14.2. The molecular formula is C6H13BKNa2O12P. The minimum absolute atomic E-state index is 0. The molecule has 0 aromatic carbocycles. The first-order valence-corrected chi connectivity index (χ1v) is 6.18. The molecule has 120 valence electrons. The van der Waals surface area contributed by atoms with E-state index in [2.05, 4.69) is 9.18 Å². The van der Waals surface area contributed by atoms with Crippen LogP contribution in [0, 0.1) is 0 Å². The van der Waals surface area contributed by atoms with Gasteiger partial charge in [-0.15, -0.1) is 0 Å². The predicted octanol–water partition coefficient (Wildman–Crippen LogP) is -11.4. The van der Waals surface area contributed by atoms with Gasteiger partial charge in [0.2, 0.25) is 0 Å². The van der Waals surface area contributed by atoms with Crippen LogP contribution in [0.3, 0.4) is 0 Å². The molecule has 0 heterocycles. The third-order valence-corrected chi connectivity index (χ3v) is 2.25. The summed E-state index contributed by atoms with van der Waals surface area (Å²) in [5, 5.41) is 34.5. The Labute approximate surface area is 221 Å². The van der Waals surface area contributed by atoms with Crippen LogP contribution < -0.4 is 110 Å². The number of carboxylic acid groups (broad SMARTS) is 2. The Hall–Kier alpha value is 2.14. The third-order valence-electron chi connectivity index (χ3n) is 1.81. The average Bonchev–Trinajstić information content (AvgIpc) is 2.10. The summed E-state index contributed by atoms with van der Waals surface area (Å²) in [7, 11) is -8.02. The van der Waals surface area contributed by atoms with Crippen LogP contribution in [0.25, 0.3) is 0 Å². The molecule has 0 saturated heterocycles. The van der Waals surface area contributed by atoms with Crippen molar-refractivity contribution in [1.29, 1.82) is 0 Å². The molecule has 0 aliphatic carbocycles. The van der Waals surface area contributed by atoms with Crippen LogP contribution in [0.2, 0.25) is 0 Å². The predicted molar refractivity (Wildman–Crippen MR) is 60.0 cm³/mol. The number of hydrogen-bond donors (Lipinski definition) is 6. The number of carbonyl (C=O) groups is 3. The largest absolute Gasteiger partial charge is 1.00 e. The summed E-state index contributed by atoms with van der Waals surface area (Å²) in [4.78, 5) is 49.4. The van der Waals surface area contributed by atoms with Gasteiger partial charge in [0.15, 0.2) is 5.60 Å². The average molecular weight is 404 g/mol. The molecule has 0 aromatic heterocycles. The fraction of sp³-hybridized carbons (Fsp3) is 0.500. The zero-order valence-corrected chi connectivity index (χ0v) is 20.6. The van der Waals surface area contributed by atoms with Crippen LogP contribution in [-0.2, 0) is 28.1 Å². The molecule has 6 N–H and O–H groups in total. The van der Waals surface area contributed by atoms with Gasteiger partial charge < -0.3 is 33.7 Å². The molecule has 0 rings (SSSR count). The van der Waals surface area contributed by atoms with Crippen LogP contribution in [0.15, 0.2) is 0 Å². The van der Waals surface area contributed by atoms with Crippen molar-refractivity contribution >= 4 is 33.1 Å². The number of phosphoric acid groups is 1. The summed E-state index contributed by atoms with van der Waals surface area (Å²) in [6, 6.07) is 0. The Morgan fingerprint density at radius 2 is 1.52 bits per heavy atom. The van der Waals surface area contributed by atoms with Crippen LogP contribution in [0.1, 0.15) is 17.1 Å². The molecule has 0 aliphatic rings. The molecular weight excluding hydrogens is 391 g/mol. The summed E-state index contributed by atoms with van der Waals surface area (Å²) in [5.41, 5.74) is -2.97. The quantitative estimate of drug-likeness (QED) is 0.165. The summed E-state index contributed by atoms with van der Waals surface area (Å²) in [6.07, 6.45) is -2.87. The molecule has 1 atom stereocenters. The Bertz CT molecular complexity index is 470. The normalized spacial score (nSPS) is 12.3. The fourth-order valence-electron chi connectivity index (χ4n) is 1.19. The van der Waals surface area contributed by atoms with Crippen LogP contribution in [0.5, 0.6) is 0 Å². The molecule has 0 saturated carbocycles. The number of rotatable bonds is 8. The molecule has 0 fully saturated rings. The van der Waals surface area contributed by atoms with Crippen molar-refractivity contribution in [1.82, 2.24) is 0 Å². The zero-order chi connectivity index (χ0) is 16.1. The molecule has 0 spiro atoms. The van der Waals surface area contributed by atoms with Gasteiger partial charge in [-0.1, -0.05) is 0 Å². The first-order chi connectivity index (χ1) is 8.88. The van der Waals surface area contributed by atoms with Gasteiger partial charge in [0.25, 0.3) is 0 Å². The molecule has 23 heavy (non-hydrogen) atoms. The van der Waals surface area contributed by atoms with Crippen molar-refractivity contribution in [3.05, 3.63) is 0 Å². The number of hydrogen-bond acceptors (Lipinski definition) is 8. The van der Waals surface area contributed by atoms with Crippen molar-refractivity contribution in [2.45, 2.75) is 18.4 Å². The van der Waals surface area contributed by atoms with E-state index in [9.17, 15) is 18.9 Å². The monoisotopic (exact) mass is 404 g/mol. The van der Waals surface area contributed by atoms with Crippen LogP contribution in [0.4, 0.5) is 0 Å². The van der Waals surface area contributed by atoms with E-state index in [0.717, 1.165) is 0 Å². The van der Waals surface area contributed by atoms with Crippen molar-refractivity contribution in [2.75, 3.05) is 0 Å². The fourth-order valence-corrected chi connectivity index (χ4v) is 1.52. The number of carboxylic acids is 2. The first kappa shape index (κ1) is 32.8. The number of aliphatic carboxylic acids is 2. The van der Waals surface area contributed by atoms with Gasteiger partial charge in [-0.3, -0.25) is 19.4 Å². The minimum atomic E-state index is -5.28. The molecule has 0 bridgehead atoms. The second-order valence-corrected chi connectivity index (χ2v) is 4.61. The van der Waals surface area contributed by atoms with E-state index in [1.54, 1.807) is 0 Å². The maximum absolute atomic E-state index is 11.1. The van der Waals surface area contributed by atoms with E-state index in [1.165, 1.54) is 0 Å². The zero-order valence-electron chi connectivity index (χ0n) is 15.6. The van der Waals surface area contributed by atoms with Gasteiger partial charge in [0.1, 0.15) is 0 Å². The van der Waals surface area contributed by atoms with Gasteiger partial charge in [0.05, 0.1) is 12.8 Å². The van der Waals surface area contributed by atoms with E-state index in [-0.39, 0.29) is 115 Å². The van der Waals surface area contributed by atoms with E-state index in [0.29, 0.717) is 0 Å². The Balaban J connectivity index is -0.000000120. The molecule has 0 amide bonds. The summed E-state index contributed by atoms with van der Waals surface area (Å²) < 4.78 is 18.0. The Morgan fingerprint density at radius 3 is 1.78 bits per heavy atom. The van der Waals surface area contributed by atoms with Crippen LogP contribution >= 0.6 is 7.82 Å². The molecule has 12 nitrogen and oxygen atoms in total. The SMILES string of the molecule is O=C(O)CC(CC(=O)OP(=O)(O)O)(OB(O)O)C(=O)O.[H-].[H-].[H-].[K+].[Na+].[Na+].